The third-order valence-electron chi connectivity index (χ3n) is 3.63. The zero-order valence-corrected chi connectivity index (χ0v) is 12.4. The normalized spacial score (nSPS) is 12.1. The Hall–Kier alpha value is -2.00. The molecular weight excluding hydrogens is 250 g/mol. The lowest BCUT2D eigenvalue weighted by atomic mass is 9.91. The molecule has 0 radical (unpaired) electrons. The third-order valence-corrected chi connectivity index (χ3v) is 3.63. The van der Waals surface area contributed by atoms with Crippen LogP contribution in [0.2, 0.25) is 0 Å². The lowest BCUT2D eigenvalue weighted by Crippen LogP contribution is -2.16. The van der Waals surface area contributed by atoms with Gasteiger partial charge in [0.2, 0.25) is 0 Å². The molecular formula is C17H21NO2. The predicted molar refractivity (Wildman–Crippen MR) is 81.5 cm³/mol. The summed E-state index contributed by atoms with van der Waals surface area (Å²) in [5.41, 5.74) is 10.9. The van der Waals surface area contributed by atoms with E-state index in [-0.39, 0.29) is 6.04 Å². The Labute approximate surface area is 120 Å². The van der Waals surface area contributed by atoms with Crippen molar-refractivity contribution in [3.05, 3.63) is 58.7 Å². The van der Waals surface area contributed by atoms with Gasteiger partial charge in [-0.15, -0.1) is 0 Å². The van der Waals surface area contributed by atoms with Crippen LogP contribution in [0.25, 0.3) is 0 Å². The molecule has 1 unspecified atom stereocenters. The van der Waals surface area contributed by atoms with E-state index in [4.69, 9.17) is 15.2 Å². The van der Waals surface area contributed by atoms with E-state index in [0.29, 0.717) is 0 Å². The maximum Gasteiger partial charge on any atom is 0.124 e. The second-order valence-corrected chi connectivity index (χ2v) is 4.89. The molecule has 2 aromatic rings. The number of aryl methyl sites for hydroxylation is 2. The van der Waals surface area contributed by atoms with Gasteiger partial charge in [0.05, 0.1) is 20.3 Å². The molecule has 0 saturated heterocycles. The van der Waals surface area contributed by atoms with Gasteiger partial charge < -0.3 is 15.2 Å². The molecule has 0 aliphatic heterocycles. The molecule has 2 rings (SSSR count). The van der Waals surface area contributed by atoms with Crippen molar-refractivity contribution in [3.8, 4) is 11.5 Å². The molecule has 0 bridgehead atoms. The smallest absolute Gasteiger partial charge is 0.124 e. The van der Waals surface area contributed by atoms with Crippen LogP contribution in [0.5, 0.6) is 11.5 Å². The number of benzene rings is 2. The van der Waals surface area contributed by atoms with E-state index in [9.17, 15) is 0 Å². The van der Waals surface area contributed by atoms with E-state index in [1.54, 1.807) is 14.2 Å². The van der Waals surface area contributed by atoms with Crippen LogP contribution in [0.1, 0.15) is 28.3 Å². The van der Waals surface area contributed by atoms with Crippen LogP contribution < -0.4 is 15.2 Å². The molecule has 0 fully saturated rings. The number of nitrogens with two attached hydrogens (primary N) is 1. The maximum atomic E-state index is 6.48. The van der Waals surface area contributed by atoms with E-state index >= 15 is 0 Å². The van der Waals surface area contributed by atoms with Gasteiger partial charge in [-0.25, -0.2) is 0 Å². The minimum atomic E-state index is -0.235. The molecule has 2 N–H and O–H groups in total. The Bertz CT molecular complexity index is 588. The average Bonchev–Trinajstić information content (AvgIpc) is 2.46. The minimum absolute atomic E-state index is 0.235. The Kier molecular flexibility index (Phi) is 4.30. The first-order valence-corrected chi connectivity index (χ1v) is 6.62. The second kappa shape index (κ2) is 5.97. The topological polar surface area (TPSA) is 44.5 Å². The zero-order valence-electron chi connectivity index (χ0n) is 12.4. The van der Waals surface area contributed by atoms with E-state index < -0.39 is 0 Å². The van der Waals surface area contributed by atoms with Crippen LogP contribution in [0.15, 0.2) is 36.4 Å². The largest absolute Gasteiger partial charge is 0.497 e. The molecule has 3 heteroatoms. The predicted octanol–water partition coefficient (Wildman–Crippen LogP) is 3.37. The van der Waals surface area contributed by atoms with Crippen LogP contribution in [-0.4, -0.2) is 14.2 Å². The average molecular weight is 271 g/mol. The van der Waals surface area contributed by atoms with E-state index in [1.807, 2.05) is 24.3 Å². The number of rotatable bonds is 4. The summed E-state index contributed by atoms with van der Waals surface area (Å²) in [6.45, 7) is 4.16. The van der Waals surface area contributed by atoms with Gasteiger partial charge in [0.15, 0.2) is 0 Å². The quantitative estimate of drug-likeness (QED) is 0.927. The Morgan fingerprint density at radius 3 is 2.15 bits per heavy atom. The van der Waals surface area contributed by atoms with Crippen LogP contribution in [0, 0.1) is 13.8 Å². The van der Waals surface area contributed by atoms with Gasteiger partial charge in [-0.2, -0.15) is 0 Å². The van der Waals surface area contributed by atoms with Gasteiger partial charge in [0.25, 0.3) is 0 Å². The Morgan fingerprint density at radius 2 is 1.60 bits per heavy atom. The third kappa shape index (κ3) is 2.63. The molecule has 0 heterocycles. The van der Waals surface area contributed by atoms with Crippen molar-refractivity contribution < 1.29 is 9.47 Å². The highest BCUT2D eigenvalue weighted by molar-refractivity contribution is 5.49. The van der Waals surface area contributed by atoms with Crippen LogP contribution in [-0.2, 0) is 0 Å². The summed E-state index contributed by atoms with van der Waals surface area (Å²) in [5, 5.41) is 0. The fraction of sp³-hybridized carbons (Fsp3) is 0.294. The van der Waals surface area contributed by atoms with Crippen molar-refractivity contribution in [2.24, 2.45) is 5.73 Å². The highest BCUT2D eigenvalue weighted by Crippen LogP contribution is 2.34. The Morgan fingerprint density at radius 1 is 0.950 bits per heavy atom. The van der Waals surface area contributed by atoms with E-state index in [0.717, 1.165) is 22.6 Å². The fourth-order valence-corrected chi connectivity index (χ4v) is 2.56. The van der Waals surface area contributed by atoms with Crippen LogP contribution in [0.4, 0.5) is 0 Å². The summed E-state index contributed by atoms with van der Waals surface area (Å²) in [5.74, 6) is 1.56. The lowest BCUT2D eigenvalue weighted by molar-refractivity contribution is 0.397. The van der Waals surface area contributed by atoms with Crippen molar-refractivity contribution in [2.45, 2.75) is 19.9 Å². The molecule has 0 spiro atoms. The molecule has 20 heavy (non-hydrogen) atoms. The fourth-order valence-electron chi connectivity index (χ4n) is 2.56. The zero-order chi connectivity index (χ0) is 14.7. The van der Waals surface area contributed by atoms with Gasteiger partial charge in [-0.1, -0.05) is 18.2 Å². The lowest BCUT2D eigenvalue weighted by Gasteiger charge is -2.20. The number of hydrogen-bond donors (Lipinski definition) is 1. The monoisotopic (exact) mass is 271 g/mol. The van der Waals surface area contributed by atoms with E-state index in [2.05, 4.69) is 26.0 Å². The first-order valence-electron chi connectivity index (χ1n) is 6.62. The first kappa shape index (κ1) is 14.4. The molecule has 0 aliphatic rings. The summed E-state index contributed by atoms with van der Waals surface area (Å²) in [6.07, 6.45) is 0. The van der Waals surface area contributed by atoms with Crippen molar-refractivity contribution in [1.29, 1.82) is 0 Å². The van der Waals surface area contributed by atoms with Gasteiger partial charge >= 0.3 is 0 Å². The molecule has 0 aliphatic carbocycles. The van der Waals surface area contributed by atoms with Crippen molar-refractivity contribution in [3.63, 3.8) is 0 Å². The molecule has 3 nitrogen and oxygen atoms in total. The van der Waals surface area contributed by atoms with Gasteiger partial charge in [0, 0.05) is 5.56 Å². The van der Waals surface area contributed by atoms with Gasteiger partial charge in [0.1, 0.15) is 11.5 Å². The van der Waals surface area contributed by atoms with Gasteiger partial charge in [-0.05, 0) is 48.7 Å². The van der Waals surface area contributed by atoms with Crippen LogP contribution >= 0.6 is 0 Å². The van der Waals surface area contributed by atoms with Crippen LogP contribution in [0.3, 0.4) is 0 Å². The molecule has 0 saturated carbocycles. The number of ether oxygens (including phenoxy) is 2. The molecule has 1 atom stereocenters. The highest BCUT2D eigenvalue weighted by Gasteiger charge is 2.18. The molecule has 0 amide bonds. The van der Waals surface area contributed by atoms with Crippen molar-refractivity contribution in [2.75, 3.05) is 14.2 Å². The van der Waals surface area contributed by atoms with E-state index in [1.165, 1.54) is 11.1 Å². The summed E-state index contributed by atoms with van der Waals surface area (Å²) in [6, 6.07) is 11.7. The second-order valence-electron chi connectivity index (χ2n) is 4.89. The summed E-state index contributed by atoms with van der Waals surface area (Å²) in [7, 11) is 3.30. The van der Waals surface area contributed by atoms with Crippen molar-refractivity contribution in [1.82, 2.24) is 0 Å². The summed E-state index contributed by atoms with van der Waals surface area (Å²) >= 11 is 0. The maximum absolute atomic E-state index is 6.48. The SMILES string of the molecule is COc1ccc(OC)c(C(N)c2c(C)cccc2C)c1. The number of methoxy groups -OCH3 is 2. The first-order chi connectivity index (χ1) is 9.58. The molecule has 2 aromatic carbocycles. The standard InChI is InChI=1S/C17H21NO2/c1-11-6-5-7-12(2)16(11)17(18)14-10-13(19-3)8-9-15(14)20-4/h5-10,17H,18H2,1-4H3. The van der Waals surface area contributed by atoms with Gasteiger partial charge in [-0.3, -0.25) is 0 Å². The van der Waals surface area contributed by atoms with Crippen molar-refractivity contribution >= 4 is 0 Å². The summed E-state index contributed by atoms with van der Waals surface area (Å²) < 4.78 is 10.7. The highest BCUT2D eigenvalue weighted by atomic mass is 16.5. The summed E-state index contributed by atoms with van der Waals surface area (Å²) in [4.78, 5) is 0. The molecule has 106 valence electrons. The minimum Gasteiger partial charge on any atom is -0.497 e. The molecule has 0 aromatic heterocycles. The number of hydrogen-bond acceptors (Lipinski definition) is 3. The Balaban J connectivity index is 2.55.